The Labute approximate surface area is 400 Å². The van der Waals surface area contributed by atoms with Crippen molar-refractivity contribution in [3.8, 4) is 70.1 Å². The summed E-state index contributed by atoms with van der Waals surface area (Å²) in [4.78, 5) is 38.4. The Bertz CT molecular complexity index is 3650. The molecule has 10 rings (SSSR count). The van der Waals surface area contributed by atoms with Gasteiger partial charge in [-0.3, -0.25) is 14.3 Å². The van der Waals surface area contributed by atoms with Gasteiger partial charge in [-0.05, 0) is 100 Å². The van der Waals surface area contributed by atoms with Crippen LogP contribution in [0.2, 0.25) is 0 Å². The van der Waals surface area contributed by atoms with Gasteiger partial charge in [0.15, 0.2) is 11.4 Å². The van der Waals surface area contributed by atoms with Crippen LogP contribution < -0.4 is 20.9 Å². The summed E-state index contributed by atoms with van der Waals surface area (Å²) >= 11 is 0. The standard InChI is InChI=1S/2C26H22N6O3/c1-26(2,34)8-7-16-4-6-22-18(11-16)25-30-23(24(28)33)21(32(25)9-10-35-22)14-31-15-29-19-5-3-17(13-27)12-20(19)31;1-26(2,34)8-7-16-4-6-22-19(11-16)25-29-23(24(28)33)21(32(25)9-10-35-22)15-31-14-18-5-3-17(13-27)12-20(18)30-31/h3-6,11-12,15,34H,9-10,14H2,1-2H3,(H2,28,33);3-6,11-12,14,34H,9-10,15H2,1-2H3,(H2,28,33). The number of aliphatic hydroxyl groups is 2. The Balaban J connectivity index is 0.000000174. The van der Waals surface area contributed by atoms with Gasteiger partial charge in [-0.25, -0.2) is 15.0 Å². The van der Waals surface area contributed by atoms with Crippen molar-refractivity contribution in [1.29, 1.82) is 10.5 Å². The molecule has 8 aromatic rings. The minimum Gasteiger partial charge on any atom is -0.491 e. The maximum Gasteiger partial charge on any atom is 0.269 e. The molecular formula is C52H44N12O6. The lowest BCUT2D eigenvalue weighted by molar-refractivity contribution is 0.0986. The third kappa shape index (κ3) is 9.50. The highest BCUT2D eigenvalue weighted by Gasteiger charge is 2.28. The van der Waals surface area contributed by atoms with Crippen LogP contribution in [0.1, 0.15) is 82.3 Å². The molecule has 0 aliphatic carbocycles. The monoisotopic (exact) mass is 932 g/mol. The predicted octanol–water partition coefficient (Wildman–Crippen LogP) is 4.87. The molecule has 2 aliphatic heterocycles. The van der Waals surface area contributed by atoms with E-state index in [1.54, 1.807) is 69.0 Å². The lowest BCUT2D eigenvalue weighted by Gasteiger charge is -2.11. The number of fused-ring (bicyclic) bond motifs is 8. The quantitative estimate of drug-likeness (QED) is 0.163. The first-order chi connectivity index (χ1) is 33.4. The second kappa shape index (κ2) is 18.1. The van der Waals surface area contributed by atoms with Gasteiger partial charge in [0.2, 0.25) is 0 Å². The number of nitrogens with two attached hydrogens (primary N) is 2. The van der Waals surface area contributed by atoms with Crippen molar-refractivity contribution in [3.05, 3.63) is 130 Å². The van der Waals surface area contributed by atoms with Crippen LogP contribution in [0.5, 0.6) is 11.5 Å². The van der Waals surface area contributed by atoms with Gasteiger partial charge < -0.3 is 44.9 Å². The van der Waals surface area contributed by atoms with Crippen LogP contribution in [-0.4, -0.2) is 84.9 Å². The number of primary amides is 2. The smallest absolute Gasteiger partial charge is 0.269 e. The second-order valence-electron chi connectivity index (χ2n) is 17.6. The molecule has 348 valence electrons. The summed E-state index contributed by atoms with van der Waals surface area (Å²) in [7, 11) is 0. The molecule has 0 fully saturated rings. The van der Waals surface area contributed by atoms with Crippen molar-refractivity contribution in [3.63, 3.8) is 0 Å². The molecule has 4 aromatic carbocycles. The molecule has 70 heavy (non-hydrogen) atoms. The van der Waals surface area contributed by atoms with Crippen molar-refractivity contribution in [2.24, 2.45) is 11.5 Å². The fourth-order valence-electron chi connectivity index (χ4n) is 8.13. The first kappa shape index (κ1) is 45.9. The number of hydrogen-bond donors (Lipinski definition) is 4. The number of nitriles is 2. The average Bonchev–Trinajstić information content (AvgIpc) is 4.05. The van der Waals surface area contributed by atoms with E-state index in [2.05, 4.69) is 55.9 Å². The van der Waals surface area contributed by atoms with Gasteiger partial charge >= 0.3 is 0 Å². The zero-order valence-electron chi connectivity index (χ0n) is 38.5. The Morgan fingerprint density at radius 3 is 1.73 bits per heavy atom. The van der Waals surface area contributed by atoms with E-state index in [1.807, 2.05) is 62.4 Å². The molecule has 0 saturated heterocycles. The van der Waals surface area contributed by atoms with Gasteiger partial charge in [0.05, 0.1) is 94.8 Å². The number of imidazole rings is 3. The number of carbonyl (C=O) groups excluding carboxylic acids is 2. The van der Waals surface area contributed by atoms with Crippen LogP contribution in [0.4, 0.5) is 0 Å². The third-order valence-electron chi connectivity index (χ3n) is 11.3. The molecule has 18 nitrogen and oxygen atoms in total. The molecule has 2 aliphatic rings. The lowest BCUT2D eigenvalue weighted by atomic mass is 10.1. The largest absolute Gasteiger partial charge is 0.491 e. The molecule has 0 unspecified atom stereocenters. The van der Waals surface area contributed by atoms with E-state index in [0.717, 1.165) is 16.4 Å². The van der Waals surface area contributed by atoms with Crippen LogP contribution in [0, 0.1) is 46.3 Å². The number of benzene rings is 4. The molecule has 0 bridgehead atoms. The van der Waals surface area contributed by atoms with Gasteiger partial charge in [-0.2, -0.15) is 15.6 Å². The minimum absolute atomic E-state index is 0.165. The molecule has 0 radical (unpaired) electrons. The van der Waals surface area contributed by atoms with Gasteiger partial charge in [0, 0.05) is 22.7 Å². The van der Waals surface area contributed by atoms with E-state index in [-0.39, 0.29) is 24.5 Å². The molecule has 6 heterocycles. The number of ether oxygens (including phenoxy) is 2. The normalized spacial score (nSPS) is 12.5. The Kier molecular flexibility index (Phi) is 11.9. The van der Waals surface area contributed by atoms with E-state index in [1.165, 1.54) is 0 Å². The first-order valence-electron chi connectivity index (χ1n) is 22.0. The lowest BCUT2D eigenvalue weighted by Crippen LogP contribution is -2.18. The van der Waals surface area contributed by atoms with Gasteiger partial charge in [-0.15, -0.1) is 0 Å². The number of amides is 2. The van der Waals surface area contributed by atoms with E-state index >= 15 is 0 Å². The molecule has 0 spiro atoms. The maximum absolute atomic E-state index is 12.4. The summed E-state index contributed by atoms with van der Waals surface area (Å²) in [5.74, 6) is 12.6. The van der Waals surface area contributed by atoms with Crippen molar-refractivity contribution >= 4 is 33.8 Å². The molecule has 0 saturated carbocycles. The molecule has 6 N–H and O–H groups in total. The topological polar surface area (TPSA) is 264 Å². The zero-order chi connectivity index (χ0) is 49.5. The highest BCUT2D eigenvalue weighted by Crippen LogP contribution is 2.36. The van der Waals surface area contributed by atoms with Crippen molar-refractivity contribution < 1.29 is 29.3 Å². The molecule has 18 heteroatoms. The summed E-state index contributed by atoms with van der Waals surface area (Å²) < 4.78 is 19.3. The number of carbonyl (C=O) groups is 2. The van der Waals surface area contributed by atoms with Gasteiger partial charge in [-0.1, -0.05) is 23.7 Å². The fraction of sp³-hybridized carbons (Fsp3) is 0.231. The highest BCUT2D eigenvalue weighted by atomic mass is 16.5. The summed E-state index contributed by atoms with van der Waals surface area (Å²) in [6.45, 7) is 8.68. The predicted molar refractivity (Wildman–Crippen MR) is 257 cm³/mol. The van der Waals surface area contributed by atoms with Gasteiger partial charge in [0.1, 0.15) is 47.6 Å². The summed E-state index contributed by atoms with van der Waals surface area (Å²) in [6, 6.07) is 25.7. The molecular weight excluding hydrogens is 889 g/mol. The third-order valence-corrected chi connectivity index (χ3v) is 11.3. The van der Waals surface area contributed by atoms with Crippen molar-refractivity contribution in [1.82, 2.24) is 38.4 Å². The summed E-state index contributed by atoms with van der Waals surface area (Å²) in [5.41, 5.74) is 16.7. The Hall–Kier alpha value is -9.20. The Morgan fingerprint density at radius 1 is 0.686 bits per heavy atom. The highest BCUT2D eigenvalue weighted by molar-refractivity contribution is 5.94. The summed E-state index contributed by atoms with van der Waals surface area (Å²) in [6.07, 6.45) is 3.52. The number of nitrogens with zero attached hydrogens (tertiary/aromatic N) is 10. The van der Waals surface area contributed by atoms with Crippen LogP contribution in [0.3, 0.4) is 0 Å². The number of rotatable bonds is 6. The molecule has 0 atom stereocenters. The molecule has 4 aromatic heterocycles. The fourth-order valence-corrected chi connectivity index (χ4v) is 8.13. The number of hydrogen-bond acceptors (Lipinski definition) is 12. The molecule has 2 amide bonds. The SMILES string of the molecule is CC(C)(O)C#Cc1ccc2c(c1)-c1nc(C(N)=O)c(Cn3cc4ccc(C#N)cc4n3)n1CCO2.CC(C)(O)C#Cc1ccc2c(c1)-c1nc(C(N)=O)c(Cn3cnc4ccc(C#N)cc43)n1CCO2. The Morgan fingerprint density at radius 2 is 1.20 bits per heavy atom. The van der Waals surface area contributed by atoms with E-state index < -0.39 is 23.0 Å². The van der Waals surface area contributed by atoms with Crippen LogP contribution >= 0.6 is 0 Å². The van der Waals surface area contributed by atoms with E-state index in [4.69, 9.17) is 26.2 Å². The van der Waals surface area contributed by atoms with Crippen LogP contribution in [0.15, 0.2) is 85.3 Å². The van der Waals surface area contributed by atoms with Crippen molar-refractivity contribution in [2.75, 3.05) is 13.2 Å². The summed E-state index contributed by atoms with van der Waals surface area (Å²) in [5, 5.41) is 43.8. The van der Waals surface area contributed by atoms with Crippen LogP contribution in [-0.2, 0) is 26.2 Å². The second-order valence-corrected chi connectivity index (χ2v) is 17.6. The minimum atomic E-state index is -1.13. The zero-order valence-corrected chi connectivity index (χ0v) is 38.5. The maximum atomic E-state index is 12.4. The average molecular weight is 933 g/mol. The van der Waals surface area contributed by atoms with Crippen LogP contribution in [0.25, 0.3) is 44.7 Å². The number of aromatic nitrogens is 8. The van der Waals surface area contributed by atoms with E-state index in [0.29, 0.717) is 99.7 Å². The van der Waals surface area contributed by atoms with Gasteiger partial charge in [0.25, 0.3) is 11.8 Å². The first-order valence-corrected chi connectivity index (χ1v) is 22.0. The van der Waals surface area contributed by atoms with Crippen molar-refractivity contribution in [2.45, 2.75) is 65.1 Å². The van der Waals surface area contributed by atoms with E-state index in [9.17, 15) is 25.1 Å².